The van der Waals surface area contributed by atoms with E-state index in [0.717, 1.165) is 0 Å². The van der Waals surface area contributed by atoms with Gasteiger partial charge in [-0.1, -0.05) is 12.1 Å². The number of hydrogen-bond donors (Lipinski definition) is 1. The predicted octanol–water partition coefficient (Wildman–Crippen LogP) is 1.64. The SMILES string of the molecule is O=S1(=O)CCC(C(CO)COc2ccccc2F)CC1. The number of sulfone groups is 1. The molecule has 1 N–H and O–H groups in total. The monoisotopic (exact) mass is 302 g/mol. The topological polar surface area (TPSA) is 63.6 Å². The Labute approximate surface area is 118 Å². The van der Waals surface area contributed by atoms with Gasteiger partial charge in [-0.05, 0) is 30.9 Å². The molecule has 4 nitrogen and oxygen atoms in total. The normalized spacial score (nSPS) is 20.5. The van der Waals surface area contributed by atoms with Crippen LogP contribution in [0.2, 0.25) is 0 Å². The number of halogens is 1. The van der Waals surface area contributed by atoms with Gasteiger partial charge in [-0.15, -0.1) is 0 Å². The Kier molecular flexibility index (Phi) is 4.99. The van der Waals surface area contributed by atoms with E-state index in [9.17, 15) is 17.9 Å². The summed E-state index contributed by atoms with van der Waals surface area (Å²) in [5.74, 6) is -0.00736. The van der Waals surface area contributed by atoms with Crippen LogP contribution in [-0.2, 0) is 9.84 Å². The van der Waals surface area contributed by atoms with Crippen molar-refractivity contribution in [2.75, 3.05) is 24.7 Å². The Morgan fingerprint density at radius 3 is 2.55 bits per heavy atom. The molecule has 20 heavy (non-hydrogen) atoms. The molecular weight excluding hydrogens is 283 g/mol. The minimum absolute atomic E-state index is 0.0842. The van der Waals surface area contributed by atoms with Gasteiger partial charge in [-0.2, -0.15) is 0 Å². The van der Waals surface area contributed by atoms with Crippen LogP contribution in [-0.4, -0.2) is 38.2 Å². The van der Waals surface area contributed by atoms with Gasteiger partial charge in [0.25, 0.3) is 0 Å². The van der Waals surface area contributed by atoms with E-state index in [4.69, 9.17) is 4.74 Å². The number of aliphatic hydroxyl groups is 1. The number of para-hydroxylation sites is 1. The Morgan fingerprint density at radius 1 is 1.30 bits per heavy atom. The number of rotatable bonds is 5. The smallest absolute Gasteiger partial charge is 0.165 e. The molecule has 1 fully saturated rings. The van der Waals surface area contributed by atoms with E-state index in [-0.39, 0.29) is 42.3 Å². The zero-order valence-electron chi connectivity index (χ0n) is 11.2. The molecule has 112 valence electrons. The summed E-state index contributed by atoms with van der Waals surface area (Å²) in [5, 5.41) is 9.43. The standard InChI is InChI=1S/C14H19FO4S/c15-13-3-1-2-4-14(13)19-10-12(9-16)11-5-7-20(17,18)8-6-11/h1-4,11-12,16H,5-10H2. The van der Waals surface area contributed by atoms with Crippen LogP contribution in [0.4, 0.5) is 4.39 Å². The summed E-state index contributed by atoms with van der Waals surface area (Å²) in [7, 11) is -2.91. The molecule has 2 rings (SSSR count). The van der Waals surface area contributed by atoms with Gasteiger partial charge in [-0.25, -0.2) is 12.8 Å². The van der Waals surface area contributed by atoms with E-state index in [1.165, 1.54) is 12.1 Å². The number of hydrogen-bond acceptors (Lipinski definition) is 4. The Balaban J connectivity index is 1.92. The van der Waals surface area contributed by atoms with E-state index in [1.807, 2.05) is 0 Å². The van der Waals surface area contributed by atoms with Crippen molar-refractivity contribution in [3.63, 3.8) is 0 Å². The van der Waals surface area contributed by atoms with Crippen LogP contribution in [0.3, 0.4) is 0 Å². The van der Waals surface area contributed by atoms with Crippen molar-refractivity contribution in [3.05, 3.63) is 30.1 Å². The summed E-state index contributed by atoms with van der Waals surface area (Å²) in [6, 6.07) is 6.11. The first-order valence-corrected chi connectivity index (χ1v) is 8.52. The van der Waals surface area contributed by atoms with Crippen LogP contribution >= 0.6 is 0 Å². The Hall–Kier alpha value is -1.14. The molecule has 0 aromatic heterocycles. The van der Waals surface area contributed by atoms with Crippen molar-refractivity contribution < 1.29 is 22.7 Å². The van der Waals surface area contributed by atoms with E-state index >= 15 is 0 Å². The summed E-state index contributed by atoms with van der Waals surface area (Å²) in [6.45, 7) is 0.112. The van der Waals surface area contributed by atoms with Crippen LogP contribution in [0.1, 0.15) is 12.8 Å². The molecule has 6 heteroatoms. The molecule has 0 amide bonds. The molecule has 0 aliphatic carbocycles. The quantitative estimate of drug-likeness (QED) is 0.898. The van der Waals surface area contributed by atoms with Crippen molar-refractivity contribution in [1.82, 2.24) is 0 Å². The number of benzene rings is 1. The minimum Gasteiger partial charge on any atom is -0.490 e. The lowest BCUT2D eigenvalue weighted by Crippen LogP contribution is -2.32. The second kappa shape index (κ2) is 6.54. The maximum absolute atomic E-state index is 13.4. The van der Waals surface area contributed by atoms with Crippen molar-refractivity contribution in [2.45, 2.75) is 12.8 Å². The van der Waals surface area contributed by atoms with Crippen LogP contribution in [0.25, 0.3) is 0 Å². The highest BCUT2D eigenvalue weighted by Gasteiger charge is 2.29. The molecular formula is C14H19FO4S. The van der Waals surface area contributed by atoms with Gasteiger partial charge >= 0.3 is 0 Å². The maximum atomic E-state index is 13.4. The average molecular weight is 302 g/mol. The fraction of sp³-hybridized carbons (Fsp3) is 0.571. The fourth-order valence-corrected chi connectivity index (χ4v) is 4.00. The molecule has 0 spiro atoms. The molecule has 0 saturated carbocycles. The molecule has 1 unspecified atom stereocenters. The lowest BCUT2D eigenvalue weighted by Gasteiger charge is -2.28. The van der Waals surface area contributed by atoms with E-state index in [1.54, 1.807) is 12.1 Å². The third-order valence-corrected chi connectivity index (χ3v) is 5.51. The minimum atomic E-state index is -2.91. The predicted molar refractivity (Wildman–Crippen MR) is 73.8 cm³/mol. The second-order valence-electron chi connectivity index (χ2n) is 5.17. The first-order chi connectivity index (χ1) is 9.52. The van der Waals surface area contributed by atoms with Crippen LogP contribution in [0, 0.1) is 17.7 Å². The summed E-state index contributed by atoms with van der Waals surface area (Å²) < 4.78 is 41.6. The highest BCUT2D eigenvalue weighted by Crippen LogP contribution is 2.27. The summed E-state index contributed by atoms with van der Waals surface area (Å²) >= 11 is 0. The lowest BCUT2D eigenvalue weighted by molar-refractivity contribution is 0.110. The largest absolute Gasteiger partial charge is 0.490 e. The molecule has 1 aromatic rings. The van der Waals surface area contributed by atoms with Gasteiger partial charge in [0, 0.05) is 12.5 Å². The van der Waals surface area contributed by atoms with Gasteiger partial charge in [0.2, 0.25) is 0 Å². The van der Waals surface area contributed by atoms with Gasteiger partial charge in [0.1, 0.15) is 9.84 Å². The van der Waals surface area contributed by atoms with Crippen molar-refractivity contribution in [1.29, 1.82) is 0 Å². The molecule has 0 radical (unpaired) electrons. The average Bonchev–Trinajstić information content (AvgIpc) is 2.42. The van der Waals surface area contributed by atoms with E-state index < -0.39 is 15.7 Å². The molecule has 1 aliphatic rings. The lowest BCUT2D eigenvalue weighted by atomic mass is 9.88. The highest BCUT2D eigenvalue weighted by molar-refractivity contribution is 7.91. The Morgan fingerprint density at radius 2 is 1.95 bits per heavy atom. The van der Waals surface area contributed by atoms with E-state index in [2.05, 4.69) is 0 Å². The van der Waals surface area contributed by atoms with E-state index in [0.29, 0.717) is 12.8 Å². The maximum Gasteiger partial charge on any atom is 0.165 e. The van der Waals surface area contributed by atoms with Gasteiger partial charge in [0.15, 0.2) is 11.6 Å². The summed E-state index contributed by atoms with van der Waals surface area (Å²) in [4.78, 5) is 0. The van der Waals surface area contributed by atoms with Gasteiger partial charge < -0.3 is 9.84 Å². The zero-order valence-corrected chi connectivity index (χ0v) is 12.0. The third kappa shape index (κ3) is 3.93. The van der Waals surface area contributed by atoms with Crippen LogP contribution in [0.15, 0.2) is 24.3 Å². The van der Waals surface area contributed by atoms with Crippen LogP contribution < -0.4 is 4.74 Å². The number of ether oxygens (including phenoxy) is 1. The zero-order chi connectivity index (χ0) is 14.6. The second-order valence-corrected chi connectivity index (χ2v) is 7.48. The molecule has 1 aromatic carbocycles. The first-order valence-electron chi connectivity index (χ1n) is 6.70. The fourth-order valence-electron chi connectivity index (χ4n) is 2.48. The van der Waals surface area contributed by atoms with Crippen molar-refractivity contribution in [3.8, 4) is 5.75 Å². The molecule has 1 atom stereocenters. The summed E-state index contributed by atoms with van der Waals surface area (Å²) in [5.41, 5.74) is 0. The first kappa shape index (κ1) is 15.3. The van der Waals surface area contributed by atoms with Gasteiger partial charge in [0.05, 0.1) is 18.1 Å². The van der Waals surface area contributed by atoms with Crippen molar-refractivity contribution in [2.24, 2.45) is 11.8 Å². The molecule has 1 aliphatic heterocycles. The van der Waals surface area contributed by atoms with Crippen LogP contribution in [0.5, 0.6) is 5.75 Å². The molecule has 1 heterocycles. The van der Waals surface area contributed by atoms with Crippen molar-refractivity contribution >= 4 is 9.84 Å². The Bertz CT molecular complexity index is 530. The molecule has 0 bridgehead atoms. The third-order valence-electron chi connectivity index (χ3n) is 3.79. The molecule has 1 saturated heterocycles. The highest BCUT2D eigenvalue weighted by atomic mass is 32.2. The van der Waals surface area contributed by atoms with Gasteiger partial charge in [-0.3, -0.25) is 0 Å². The number of aliphatic hydroxyl groups excluding tert-OH is 1. The summed E-state index contributed by atoms with van der Waals surface area (Å²) in [6.07, 6.45) is 1.07.